The fourth-order valence-electron chi connectivity index (χ4n) is 2.90. The van der Waals surface area contributed by atoms with Crippen molar-refractivity contribution in [1.29, 1.82) is 0 Å². The molecule has 3 amide bonds. The lowest BCUT2D eigenvalue weighted by Crippen LogP contribution is -2.44. The van der Waals surface area contributed by atoms with Crippen molar-refractivity contribution in [3.63, 3.8) is 0 Å². The van der Waals surface area contributed by atoms with E-state index in [1.807, 2.05) is 6.07 Å². The zero-order valence-corrected chi connectivity index (χ0v) is 14.1. The number of nitrogens with zero attached hydrogens (tertiary/aromatic N) is 1. The highest BCUT2D eigenvalue weighted by molar-refractivity contribution is 5.97. The van der Waals surface area contributed by atoms with Crippen molar-refractivity contribution in [2.24, 2.45) is 5.73 Å². The van der Waals surface area contributed by atoms with Gasteiger partial charge in [0.15, 0.2) is 5.78 Å². The molecule has 7 heteroatoms. The SMILES string of the molecule is NC(=O)C1CCCN1C(=O)CCNC(=O)CCC(=O)c1ccccc1. The summed E-state index contributed by atoms with van der Waals surface area (Å²) in [4.78, 5) is 48.6. The second kappa shape index (κ2) is 8.96. The Morgan fingerprint density at radius 3 is 2.48 bits per heavy atom. The first-order valence-corrected chi connectivity index (χ1v) is 8.43. The van der Waals surface area contributed by atoms with Gasteiger partial charge in [-0.05, 0) is 12.8 Å². The molecule has 1 heterocycles. The van der Waals surface area contributed by atoms with E-state index in [9.17, 15) is 19.2 Å². The molecule has 0 bridgehead atoms. The standard InChI is InChI=1S/C18H23N3O4/c19-18(25)14-7-4-12-21(14)17(24)10-11-20-16(23)9-8-15(22)13-5-2-1-3-6-13/h1-3,5-6,14H,4,7-12H2,(H2,19,25)(H,20,23). The van der Waals surface area contributed by atoms with Crippen LogP contribution in [0.25, 0.3) is 0 Å². The maximum atomic E-state index is 12.1. The highest BCUT2D eigenvalue weighted by atomic mass is 16.2. The Bertz CT molecular complexity index is 645. The number of carbonyl (C=O) groups is 4. The summed E-state index contributed by atoms with van der Waals surface area (Å²) in [5.74, 6) is -1.05. The van der Waals surface area contributed by atoms with Crippen LogP contribution >= 0.6 is 0 Å². The number of ketones is 1. The highest BCUT2D eigenvalue weighted by Crippen LogP contribution is 2.17. The average molecular weight is 345 g/mol. The quantitative estimate of drug-likeness (QED) is 0.673. The lowest BCUT2D eigenvalue weighted by atomic mass is 10.1. The predicted octanol–water partition coefficient (Wildman–Crippen LogP) is 0.632. The van der Waals surface area contributed by atoms with Gasteiger partial charge in [0.05, 0.1) is 0 Å². The van der Waals surface area contributed by atoms with Crippen molar-refractivity contribution in [2.75, 3.05) is 13.1 Å². The van der Waals surface area contributed by atoms with Crippen molar-refractivity contribution >= 4 is 23.5 Å². The van der Waals surface area contributed by atoms with Crippen LogP contribution in [0.5, 0.6) is 0 Å². The fraction of sp³-hybridized carbons (Fsp3) is 0.444. The molecule has 1 fully saturated rings. The van der Waals surface area contributed by atoms with Gasteiger partial charge >= 0.3 is 0 Å². The third-order valence-corrected chi connectivity index (χ3v) is 4.24. The van der Waals surface area contributed by atoms with E-state index in [4.69, 9.17) is 5.73 Å². The monoisotopic (exact) mass is 345 g/mol. The number of carbonyl (C=O) groups excluding carboxylic acids is 4. The van der Waals surface area contributed by atoms with E-state index in [0.29, 0.717) is 18.5 Å². The maximum absolute atomic E-state index is 12.1. The first kappa shape index (κ1) is 18.6. The van der Waals surface area contributed by atoms with E-state index in [2.05, 4.69) is 5.32 Å². The molecule has 0 radical (unpaired) electrons. The molecule has 1 unspecified atom stereocenters. The molecule has 2 rings (SSSR count). The van der Waals surface area contributed by atoms with Crippen molar-refractivity contribution < 1.29 is 19.2 Å². The van der Waals surface area contributed by atoms with Gasteiger partial charge in [-0.3, -0.25) is 19.2 Å². The Kier molecular flexibility index (Phi) is 6.68. The van der Waals surface area contributed by atoms with Crippen LogP contribution in [0.4, 0.5) is 0 Å². The summed E-state index contributed by atoms with van der Waals surface area (Å²) >= 11 is 0. The van der Waals surface area contributed by atoms with Gasteiger partial charge in [0.25, 0.3) is 0 Å². The third-order valence-electron chi connectivity index (χ3n) is 4.24. The van der Waals surface area contributed by atoms with Crippen LogP contribution in [-0.2, 0) is 14.4 Å². The largest absolute Gasteiger partial charge is 0.368 e. The molecule has 1 aromatic carbocycles. The molecular weight excluding hydrogens is 322 g/mol. The van der Waals surface area contributed by atoms with Gasteiger partial charge in [0, 0.05) is 37.9 Å². The molecule has 3 N–H and O–H groups in total. The number of nitrogens with one attached hydrogen (secondary N) is 1. The van der Waals surface area contributed by atoms with Crippen molar-refractivity contribution in [1.82, 2.24) is 10.2 Å². The van der Waals surface area contributed by atoms with Crippen LogP contribution < -0.4 is 11.1 Å². The molecule has 0 spiro atoms. The summed E-state index contributed by atoms with van der Waals surface area (Å²) < 4.78 is 0. The summed E-state index contributed by atoms with van der Waals surface area (Å²) in [6.45, 7) is 0.700. The number of primary amides is 1. The smallest absolute Gasteiger partial charge is 0.240 e. The van der Waals surface area contributed by atoms with Crippen LogP contribution in [0, 0.1) is 0 Å². The van der Waals surface area contributed by atoms with E-state index in [0.717, 1.165) is 6.42 Å². The van der Waals surface area contributed by atoms with Crippen LogP contribution in [0.1, 0.15) is 42.5 Å². The van der Waals surface area contributed by atoms with E-state index in [-0.39, 0.29) is 43.4 Å². The van der Waals surface area contributed by atoms with Crippen LogP contribution in [-0.4, -0.2) is 47.5 Å². The minimum absolute atomic E-state index is 0.0789. The Balaban J connectivity index is 1.67. The summed E-state index contributed by atoms with van der Waals surface area (Å²) in [5, 5.41) is 2.63. The van der Waals surface area contributed by atoms with E-state index in [1.165, 1.54) is 4.90 Å². The Hall–Kier alpha value is -2.70. The second-order valence-corrected chi connectivity index (χ2v) is 6.04. The molecule has 134 valence electrons. The zero-order chi connectivity index (χ0) is 18.2. The van der Waals surface area contributed by atoms with E-state index >= 15 is 0 Å². The van der Waals surface area contributed by atoms with Gasteiger partial charge in [-0.1, -0.05) is 30.3 Å². The lowest BCUT2D eigenvalue weighted by Gasteiger charge is -2.22. The molecule has 1 aliphatic heterocycles. The molecule has 1 atom stereocenters. The van der Waals surface area contributed by atoms with Gasteiger partial charge in [-0.2, -0.15) is 0 Å². The third kappa shape index (κ3) is 5.41. The van der Waals surface area contributed by atoms with Gasteiger partial charge in [-0.15, -0.1) is 0 Å². The number of amides is 3. The van der Waals surface area contributed by atoms with Crippen molar-refractivity contribution in [3.8, 4) is 0 Å². The van der Waals surface area contributed by atoms with Crippen LogP contribution in [0.3, 0.4) is 0 Å². The average Bonchev–Trinajstić information content (AvgIpc) is 3.10. The van der Waals surface area contributed by atoms with Gasteiger partial charge in [-0.25, -0.2) is 0 Å². The van der Waals surface area contributed by atoms with Crippen LogP contribution in [0.15, 0.2) is 30.3 Å². The summed E-state index contributed by atoms with van der Waals surface area (Å²) in [6.07, 6.45) is 1.67. The molecule has 1 aromatic rings. The minimum atomic E-state index is -0.535. The molecule has 1 saturated heterocycles. The Morgan fingerprint density at radius 2 is 1.80 bits per heavy atom. The normalized spacial score (nSPS) is 16.5. The molecule has 25 heavy (non-hydrogen) atoms. The summed E-state index contributed by atoms with van der Waals surface area (Å²) in [5.41, 5.74) is 5.86. The maximum Gasteiger partial charge on any atom is 0.240 e. The topological polar surface area (TPSA) is 110 Å². The number of hydrogen-bond acceptors (Lipinski definition) is 4. The number of likely N-dealkylation sites (tertiary alicyclic amines) is 1. The number of hydrogen-bond donors (Lipinski definition) is 2. The Labute approximate surface area is 146 Å². The summed E-state index contributed by atoms with van der Waals surface area (Å²) in [6, 6.07) is 8.26. The second-order valence-electron chi connectivity index (χ2n) is 6.04. The van der Waals surface area contributed by atoms with Crippen molar-refractivity contribution in [3.05, 3.63) is 35.9 Å². The van der Waals surface area contributed by atoms with E-state index in [1.54, 1.807) is 24.3 Å². The molecular formula is C18H23N3O4. The van der Waals surface area contributed by atoms with Gasteiger partial charge in [0.2, 0.25) is 17.7 Å². The first-order valence-electron chi connectivity index (χ1n) is 8.43. The minimum Gasteiger partial charge on any atom is -0.368 e. The highest BCUT2D eigenvalue weighted by Gasteiger charge is 2.32. The van der Waals surface area contributed by atoms with Gasteiger partial charge < -0.3 is 16.0 Å². The number of rotatable bonds is 8. The van der Waals surface area contributed by atoms with Crippen molar-refractivity contribution in [2.45, 2.75) is 38.1 Å². The van der Waals surface area contributed by atoms with Crippen LogP contribution in [0.2, 0.25) is 0 Å². The summed E-state index contributed by atoms with van der Waals surface area (Å²) in [7, 11) is 0. The lowest BCUT2D eigenvalue weighted by molar-refractivity contribution is -0.137. The molecule has 0 aliphatic carbocycles. The first-order chi connectivity index (χ1) is 12.0. The predicted molar refractivity (Wildman–Crippen MR) is 91.6 cm³/mol. The molecule has 0 saturated carbocycles. The van der Waals surface area contributed by atoms with E-state index < -0.39 is 11.9 Å². The molecule has 0 aromatic heterocycles. The Morgan fingerprint density at radius 1 is 1.08 bits per heavy atom. The molecule has 7 nitrogen and oxygen atoms in total. The number of benzene rings is 1. The number of nitrogens with two attached hydrogens (primary N) is 1. The zero-order valence-electron chi connectivity index (χ0n) is 14.1. The molecule has 1 aliphatic rings. The fourth-order valence-corrected chi connectivity index (χ4v) is 2.90. The number of Topliss-reactive ketones (excluding diaryl/α,β-unsaturated/α-hetero) is 1. The van der Waals surface area contributed by atoms with Gasteiger partial charge in [0.1, 0.15) is 6.04 Å².